The van der Waals surface area contributed by atoms with E-state index < -0.39 is 23.7 Å². The summed E-state index contributed by atoms with van der Waals surface area (Å²) in [5, 5.41) is 0. The Morgan fingerprint density at radius 1 is 0.833 bits per heavy atom. The summed E-state index contributed by atoms with van der Waals surface area (Å²) in [6.07, 6.45) is -1.69. The Bertz CT molecular complexity index is 1300. The molecule has 8 heteroatoms. The van der Waals surface area contributed by atoms with Gasteiger partial charge >= 0.3 is 18.1 Å². The lowest BCUT2D eigenvalue weighted by atomic mass is 9.96. The third-order valence-corrected chi connectivity index (χ3v) is 4.85. The van der Waals surface area contributed by atoms with Gasteiger partial charge in [0.25, 0.3) is 0 Å². The maximum absolute atomic E-state index is 13.8. The molecule has 0 heterocycles. The number of carbonyl (C=O) groups is 2. The Morgan fingerprint density at radius 2 is 1.39 bits per heavy atom. The fourth-order valence-electron chi connectivity index (χ4n) is 3.09. The molecule has 0 unspecified atom stereocenters. The van der Waals surface area contributed by atoms with E-state index in [1.165, 1.54) is 19.1 Å². The summed E-state index contributed by atoms with van der Waals surface area (Å²) < 4.78 is 56.3. The first-order chi connectivity index (χ1) is 17.1. The molecule has 0 atom stereocenters. The van der Waals surface area contributed by atoms with Crippen LogP contribution in [0.5, 0.6) is 11.5 Å². The van der Waals surface area contributed by atoms with Crippen LogP contribution < -0.4 is 9.47 Å². The van der Waals surface area contributed by atoms with Gasteiger partial charge in [0.2, 0.25) is 0 Å². The molecule has 0 radical (unpaired) electrons. The molecule has 5 nitrogen and oxygen atoms in total. The zero-order chi connectivity index (χ0) is 26.3. The first-order valence-electron chi connectivity index (χ1n) is 10.5. The van der Waals surface area contributed by atoms with Crippen LogP contribution in [-0.2, 0) is 20.5 Å². The van der Waals surface area contributed by atoms with Crippen LogP contribution in [0.2, 0.25) is 0 Å². The van der Waals surface area contributed by atoms with E-state index in [2.05, 4.69) is 13.2 Å². The molecule has 0 aliphatic heterocycles. The van der Waals surface area contributed by atoms with E-state index in [1.807, 2.05) is 0 Å². The Hall–Kier alpha value is -4.59. The second kappa shape index (κ2) is 11.2. The van der Waals surface area contributed by atoms with E-state index in [1.54, 1.807) is 48.5 Å². The summed E-state index contributed by atoms with van der Waals surface area (Å²) in [6, 6.07) is 16.8. The highest BCUT2D eigenvalue weighted by Gasteiger charge is 2.34. The third kappa shape index (κ3) is 6.73. The minimum Gasteiger partial charge on any atom is -0.462 e. The molecule has 0 amide bonds. The van der Waals surface area contributed by atoms with Crippen molar-refractivity contribution in [3.05, 3.63) is 110 Å². The standard InChI is InChI=1S/C28H21F3O5/c1-4-26(32)36-22-11-9-20(10-12-22)19-5-7-21(8-6-19)24-14-13-23(17-25(24)28(29,30)31)34-15-16-35-27(33)18(2)3/h4-17H,1-2H2,3H3. The molecule has 0 N–H and O–H groups in total. The zero-order valence-electron chi connectivity index (χ0n) is 19.2. The molecule has 0 fully saturated rings. The van der Waals surface area contributed by atoms with Crippen LogP contribution in [0.1, 0.15) is 12.5 Å². The molecule has 0 aliphatic carbocycles. The SMILES string of the molecule is C=CC(=O)Oc1ccc(-c2ccc(-c3ccc(OC=COC(=O)C(=C)C)cc3C(F)(F)F)cc2)cc1. The molecular weight excluding hydrogens is 473 g/mol. The Kier molecular flexibility index (Phi) is 8.11. The molecule has 36 heavy (non-hydrogen) atoms. The van der Waals surface area contributed by atoms with Crippen molar-refractivity contribution in [1.82, 2.24) is 0 Å². The fraction of sp³-hybridized carbons (Fsp3) is 0.0714. The molecular formula is C28H21F3O5. The summed E-state index contributed by atoms with van der Waals surface area (Å²) in [6.45, 7) is 8.20. The summed E-state index contributed by atoms with van der Waals surface area (Å²) in [5.41, 5.74) is 1.18. The average molecular weight is 494 g/mol. The highest BCUT2D eigenvalue weighted by atomic mass is 19.4. The van der Waals surface area contributed by atoms with Gasteiger partial charge in [0.1, 0.15) is 24.0 Å². The molecule has 3 rings (SSSR count). The molecule has 0 aliphatic rings. The number of hydrogen-bond donors (Lipinski definition) is 0. The van der Waals surface area contributed by atoms with Gasteiger partial charge in [0.05, 0.1) is 5.56 Å². The smallest absolute Gasteiger partial charge is 0.417 e. The van der Waals surface area contributed by atoms with Crippen molar-refractivity contribution < 1.29 is 37.0 Å². The number of ether oxygens (including phenoxy) is 3. The maximum atomic E-state index is 13.8. The molecule has 0 aromatic heterocycles. The lowest BCUT2D eigenvalue weighted by Crippen LogP contribution is -2.07. The number of rotatable bonds is 8. The van der Waals surface area contributed by atoms with Crippen LogP contribution in [-0.4, -0.2) is 11.9 Å². The first-order valence-corrected chi connectivity index (χ1v) is 10.5. The minimum atomic E-state index is -4.64. The van der Waals surface area contributed by atoms with Gasteiger partial charge in [-0.15, -0.1) is 0 Å². The maximum Gasteiger partial charge on any atom is 0.417 e. The number of carbonyl (C=O) groups excluding carboxylic acids is 2. The van der Waals surface area contributed by atoms with Crippen molar-refractivity contribution in [1.29, 1.82) is 0 Å². The van der Waals surface area contributed by atoms with E-state index in [0.717, 1.165) is 35.8 Å². The summed E-state index contributed by atoms with van der Waals surface area (Å²) in [5.74, 6) is -0.994. The van der Waals surface area contributed by atoms with Crippen LogP contribution >= 0.6 is 0 Å². The highest BCUT2D eigenvalue weighted by Crippen LogP contribution is 2.39. The van der Waals surface area contributed by atoms with E-state index in [0.29, 0.717) is 11.3 Å². The second-order valence-electron chi connectivity index (χ2n) is 7.51. The van der Waals surface area contributed by atoms with Crippen molar-refractivity contribution in [3.8, 4) is 33.8 Å². The van der Waals surface area contributed by atoms with Crippen molar-refractivity contribution in [2.45, 2.75) is 13.1 Å². The zero-order valence-corrected chi connectivity index (χ0v) is 19.2. The summed E-state index contributed by atoms with van der Waals surface area (Å²) in [4.78, 5) is 22.6. The number of benzene rings is 3. The van der Waals surface area contributed by atoms with E-state index in [9.17, 15) is 22.8 Å². The largest absolute Gasteiger partial charge is 0.462 e. The van der Waals surface area contributed by atoms with Crippen LogP contribution in [0.25, 0.3) is 22.3 Å². The topological polar surface area (TPSA) is 61.8 Å². The van der Waals surface area contributed by atoms with Crippen molar-refractivity contribution in [2.24, 2.45) is 0 Å². The van der Waals surface area contributed by atoms with Crippen LogP contribution in [0.15, 0.2) is 104 Å². The quantitative estimate of drug-likeness (QED) is 0.145. The van der Waals surface area contributed by atoms with Gasteiger partial charge in [-0.2, -0.15) is 13.2 Å². The lowest BCUT2D eigenvalue weighted by Gasteiger charge is -2.15. The van der Waals surface area contributed by atoms with Crippen molar-refractivity contribution in [2.75, 3.05) is 0 Å². The number of esters is 2. The predicted octanol–water partition coefficient (Wildman–Crippen LogP) is 7.10. The molecule has 0 saturated carbocycles. The van der Waals surface area contributed by atoms with Crippen molar-refractivity contribution in [3.63, 3.8) is 0 Å². The Labute approximate surface area is 205 Å². The predicted molar refractivity (Wildman–Crippen MR) is 129 cm³/mol. The number of halogens is 3. The molecule has 0 spiro atoms. The summed E-state index contributed by atoms with van der Waals surface area (Å²) in [7, 11) is 0. The third-order valence-electron chi connectivity index (χ3n) is 4.85. The van der Waals surface area contributed by atoms with Crippen LogP contribution in [0.4, 0.5) is 13.2 Å². The molecule has 0 saturated heterocycles. The van der Waals surface area contributed by atoms with E-state index in [-0.39, 0.29) is 16.9 Å². The van der Waals surface area contributed by atoms with Crippen LogP contribution in [0.3, 0.4) is 0 Å². The molecule has 0 bridgehead atoms. The van der Waals surface area contributed by atoms with E-state index in [4.69, 9.17) is 14.2 Å². The molecule has 3 aromatic carbocycles. The Balaban J connectivity index is 1.80. The number of hydrogen-bond acceptors (Lipinski definition) is 5. The van der Waals surface area contributed by atoms with Gasteiger partial charge in [-0.1, -0.05) is 55.6 Å². The van der Waals surface area contributed by atoms with Gasteiger partial charge in [-0.05, 0) is 53.4 Å². The highest BCUT2D eigenvalue weighted by molar-refractivity contribution is 5.87. The monoisotopic (exact) mass is 494 g/mol. The second-order valence-corrected chi connectivity index (χ2v) is 7.51. The normalized spacial score (nSPS) is 11.1. The Morgan fingerprint density at radius 3 is 1.94 bits per heavy atom. The van der Waals surface area contributed by atoms with Gasteiger partial charge in [0, 0.05) is 11.6 Å². The average Bonchev–Trinajstić information content (AvgIpc) is 2.86. The van der Waals surface area contributed by atoms with Crippen LogP contribution in [0, 0.1) is 0 Å². The first kappa shape index (κ1) is 26.0. The lowest BCUT2D eigenvalue weighted by molar-refractivity contribution is -0.137. The van der Waals surface area contributed by atoms with Crippen molar-refractivity contribution >= 4 is 11.9 Å². The van der Waals surface area contributed by atoms with E-state index >= 15 is 0 Å². The molecule has 3 aromatic rings. The fourth-order valence-corrected chi connectivity index (χ4v) is 3.09. The van der Waals surface area contributed by atoms with Gasteiger partial charge in [-0.25, -0.2) is 9.59 Å². The summed E-state index contributed by atoms with van der Waals surface area (Å²) >= 11 is 0. The number of alkyl halides is 3. The van der Waals surface area contributed by atoms with Gasteiger partial charge in [-0.3, -0.25) is 0 Å². The van der Waals surface area contributed by atoms with Gasteiger partial charge in [0.15, 0.2) is 0 Å². The van der Waals surface area contributed by atoms with Gasteiger partial charge < -0.3 is 14.2 Å². The molecule has 184 valence electrons. The minimum absolute atomic E-state index is 0.0224.